The molecule has 2 rings (SSSR count). The number of hydrogen-bond acceptors (Lipinski definition) is 3. The van der Waals surface area contributed by atoms with Crippen molar-refractivity contribution in [2.24, 2.45) is 7.05 Å². The van der Waals surface area contributed by atoms with E-state index in [1.807, 2.05) is 18.7 Å². The van der Waals surface area contributed by atoms with E-state index in [1.54, 1.807) is 0 Å². The van der Waals surface area contributed by atoms with Crippen LogP contribution in [0.5, 0.6) is 0 Å². The lowest BCUT2D eigenvalue weighted by atomic mass is 10.2. The van der Waals surface area contributed by atoms with Gasteiger partial charge in [0.2, 0.25) is 0 Å². The van der Waals surface area contributed by atoms with Crippen LogP contribution in [0, 0.1) is 6.92 Å². The lowest BCUT2D eigenvalue weighted by Gasteiger charge is -2.27. The first-order valence-corrected chi connectivity index (χ1v) is 7.92. The fourth-order valence-electron chi connectivity index (χ4n) is 3.05. The molecule has 0 spiro atoms. The molecule has 2 heterocycles. The van der Waals surface area contributed by atoms with Gasteiger partial charge in [0.15, 0.2) is 0 Å². The van der Waals surface area contributed by atoms with E-state index in [9.17, 15) is 0 Å². The van der Waals surface area contributed by atoms with E-state index < -0.39 is 0 Å². The highest BCUT2D eigenvalue weighted by molar-refractivity contribution is 9.10. The second-order valence-electron chi connectivity index (χ2n) is 5.59. The number of aromatic nitrogens is 2. The van der Waals surface area contributed by atoms with Gasteiger partial charge < -0.3 is 0 Å². The number of halogens is 1. The highest BCUT2D eigenvalue weighted by Gasteiger charge is 2.24. The highest BCUT2D eigenvalue weighted by atomic mass is 79.9. The van der Waals surface area contributed by atoms with Crippen LogP contribution in [0.15, 0.2) is 4.47 Å². The van der Waals surface area contributed by atoms with Gasteiger partial charge in [0.25, 0.3) is 0 Å². The van der Waals surface area contributed by atoms with Crippen molar-refractivity contribution >= 4 is 15.9 Å². The molecule has 1 aromatic rings. The normalized spacial score (nSPS) is 20.6. The van der Waals surface area contributed by atoms with Gasteiger partial charge in [-0.25, -0.2) is 0 Å². The molecule has 1 atom stereocenters. The summed E-state index contributed by atoms with van der Waals surface area (Å²) < 4.78 is 3.14. The van der Waals surface area contributed by atoms with E-state index in [0.717, 1.165) is 29.3 Å². The maximum atomic E-state index is 4.46. The van der Waals surface area contributed by atoms with Gasteiger partial charge in [-0.15, -0.1) is 0 Å². The molecule has 0 aromatic carbocycles. The van der Waals surface area contributed by atoms with Crippen molar-refractivity contribution in [1.82, 2.24) is 19.6 Å². The molecule has 1 aliphatic heterocycles. The number of likely N-dealkylation sites (N-methyl/N-ethyl adjacent to an activating group) is 2. The molecule has 0 bridgehead atoms. The molecule has 19 heavy (non-hydrogen) atoms. The molecule has 0 amide bonds. The van der Waals surface area contributed by atoms with Crippen LogP contribution >= 0.6 is 15.9 Å². The SMILES string of the molecule is CCN1CCCC1CN(C)Cc1c(Br)c(C)nn1C. The molecule has 108 valence electrons. The maximum Gasteiger partial charge on any atom is 0.0739 e. The summed E-state index contributed by atoms with van der Waals surface area (Å²) in [7, 11) is 4.23. The Labute approximate surface area is 124 Å². The third kappa shape index (κ3) is 3.38. The van der Waals surface area contributed by atoms with Crippen LogP contribution in [-0.2, 0) is 13.6 Å². The minimum Gasteiger partial charge on any atom is -0.299 e. The van der Waals surface area contributed by atoms with Crippen LogP contribution in [0.4, 0.5) is 0 Å². The first-order valence-electron chi connectivity index (χ1n) is 7.13. The minimum absolute atomic E-state index is 0.725. The summed E-state index contributed by atoms with van der Waals surface area (Å²) in [6.45, 7) is 8.84. The third-order valence-corrected chi connectivity index (χ3v) is 5.14. The molecule has 0 N–H and O–H groups in total. The second-order valence-corrected chi connectivity index (χ2v) is 6.38. The van der Waals surface area contributed by atoms with E-state index in [2.05, 4.69) is 44.8 Å². The summed E-state index contributed by atoms with van der Waals surface area (Å²) in [4.78, 5) is 5.01. The van der Waals surface area contributed by atoms with Crippen molar-refractivity contribution in [3.05, 3.63) is 15.9 Å². The van der Waals surface area contributed by atoms with Gasteiger partial charge >= 0.3 is 0 Å². The summed E-state index contributed by atoms with van der Waals surface area (Å²) in [6.07, 6.45) is 2.69. The van der Waals surface area contributed by atoms with Gasteiger partial charge in [-0.05, 0) is 55.8 Å². The third-order valence-electron chi connectivity index (χ3n) is 4.11. The molecule has 1 saturated heterocycles. The molecule has 5 heteroatoms. The molecule has 0 radical (unpaired) electrons. The van der Waals surface area contributed by atoms with E-state index in [1.165, 1.54) is 31.6 Å². The Hall–Kier alpha value is -0.390. The molecular formula is C14H25BrN4. The van der Waals surface area contributed by atoms with E-state index in [0.29, 0.717) is 0 Å². The van der Waals surface area contributed by atoms with Crippen LogP contribution in [0.25, 0.3) is 0 Å². The number of likely N-dealkylation sites (tertiary alicyclic amines) is 1. The van der Waals surface area contributed by atoms with Gasteiger partial charge in [-0.3, -0.25) is 14.5 Å². The smallest absolute Gasteiger partial charge is 0.0739 e. The Balaban J connectivity index is 1.95. The van der Waals surface area contributed by atoms with Crippen molar-refractivity contribution in [2.75, 3.05) is 26.7 Å². The molecular weight excluding hydrogens is 304 g/mol. The molecule has 4 nitrogen and oxygen atoms in total. The average molecular weight is 329 g/mol. The van der Waals surface area contributed by atoms with Crippen LogP contribution < -0.4 is 0 Å². The lowest BCUT2D eigenvalue weighted by molar-refractivity contribution is 0.192. The van der Waals surface area contributed by atoms with Gasteiger partial charge in [0.1, 0.15) is 0 Å². The fraction of sp³-hybridized carbons (Fsp3) is 0.786. The Kier molecular flexibility index (Phi) is 5.03. The van der Waals surface area contributed by atoms with Crippen LogP contribution in [0.1, 0.15) is 31.2 Å². The first-order chi connectivity index (χ1) is 9.02. The Morgan fingerprint density at radius 3 is 2.79 bits per heavy atom. The monoisotopic (exact) mass is 328 g/mol. The zero-order chi connectivity index (χ0) is 14.0. The Morgan fingerprint density at radius 2 is 2.21 bits per heavy atom. The standard InChI is InChI=1S/C14H25BrN4/c1-5-19-8-6-7-12(19)9-17(3)10-13-14(15)11(2)16-18(13)4/h12H,5-10H2,1-4H3. The van der Waals surface area contributed by atoms with Crippen molar-refractivity contribution in [1.29, 1.82) is 0 Å². The van der Waals surface area contributed by atoms with E-state index in [4.69, 9.17) is 0 Å². The number of nitrogens with zero attached hydrogens (tertiary/aromatic N) is 4. The quantitative estimate of drug-likeness (QED) is 0.829. The zero-order valence-electron chi connectivity index (χ0n) is 12.5. The molecule has 0 aliphatic carbocycles. The van der Waals surface area contributed by atoms with Gasteiger partial charge in [-0.2, -0.15) is 5.10 Å². The largest absolute Gasteiger partial charge is 0.299 e. The van der Waals surface area contributed by atoms with Crippen molar-refractivity contribution < 1.29 is 0 Å². The zero-order valence-corrected chi connectivity index (χ0v) is 14.1. The van der Waals surface area contributed by atoms with Crippen molar-refractivity contribution in [2.45, 2.75) is 39.3 Å². The summed E-state index contributed by atoms with van der Waals surface area (Å²) >= 11 is 3.65. The summed E-state index contributed by atoms with van der Waals surface area (Å²) in [5.74, 6) is 0. The van der Waals surface area contributed by atoms with Gasteiger partial charge in [-0.1, -0.05) is 6.92 Å². The number of rotatable bonds is 5. The van der Waals surface area contributed by atoms with Gasteiger partial charge in [0, 0.05) is 26.2 Å². The van der Waals surface area contributed by atoms with Gasteiger partial charge in [0.05, 0.1) is 15.9 Å². The van der Waals surface area contributed by atoms with E-state index >= 15 is 0 Å². The predicted octanol–water partition coefficient (Wildman–Crippen LogP) is 2.41. The van der Waals surface area contributed by atoms with E-state index in [-0.39, 0.29) is 0 Å². The molecule has 0 saturated carbocycles. The number of hydrogen-bond donors (Lipinski definition) is 0. The average Bonchev–Trinajstić information content (AvgIpc) is 2.89. The summed E-state index contributed by atoms with van der Waals surface area (Å²) in [6, 6.07) is 0.725. The Morgan fingerprint density at radius 1 is 1.47 bits per heavy atom. The lowest BCUT2D eigenvalue weighted by Crippen LogP contribution is -2.38. The van der Waals surface area contributed by atoms with Crippen LogP contribution in [0.3, 0.4) is 0 Å². The highest BCUT2D eigenvalue weighted by Crippen LogP contribution is 2.22. The first kappa shape index (κ1) is 15.0. The molecule has 1 fully saturated rings. The minimum atomic E-state index is 0.725. The second kappa shape index (κ2) is 6.37. The van der Waals surface area contributed by atoms with Crippen molar-refractivity contribution in [3.63, 3.8) is 0 Å². The topological polar surface area (TPSA) is 24.3 Å². The number of aryl methyl sites for hydroxylation is 2. The molecule has 1 unspecified atom stereocenters. The Bertz CT molecular complexity index is 429. The molecule has 1 aromatic heterocycles. The summed E-state index contributed by atoms with van der Waals surface area (Å²) in [5.41, 5.74) is 2.34. The van der Waals surface area contributed by atoms with Crippen LogP contribution in [0.2, 0.25) is 0 Å². The predicted molar refractivity (Wildman–Crippen MR) is 82.2 cm³/mol. The molecule has 1 aliphatic rings. The van der Waals surface area contributed by atoms with Crippen LogP contribution in [-0.4, -0.2) is 52.3 Å². The maximum absolute atomic E-state index is 4.46. The summed E-state index contributed by atoms with van der Waals surface area (Å²) in [5, 5.41) is 4.46. The van der Waals surface area contributed by atoms with Crippen molar-refractivity contribution in [3.8, 4) is 0 Å². The fourth-order valence-corrected chi connectivity index (χ4v) is 3.51.